The fraction of sp³-hybridized carbons (Fsp3) is 0.154. The lowest BCUT2D eigenvalue weighted by Crippen LogP contribution is -2.24. The summed E-state index contributed by atoms with van der Waals surface area (Å²) in [6.45, 7) is 4.27. The van der Waals surface area contributed by atoms with Gasteiger partial charge in [-0.1, -0.05) is 73.6 Å². The Labute approximate surface area is 206 Å². The molecule has 172 valence electrons. The minimum absolute atomic E-state index is 0.0436. The van der Waals surface area contributed by atoms with Crippen molar-refractivity contribution in [2.45, 2.75) is 24.9 Å². The van der Waals surface area contributed by atoms with Crippen molar-refractivity contribution in [3.8, 4) is 5.69 Å². The monoisotopic (exact) mass is 490 g/mol. The summed E-state index contributed by atoms with van der Waals surface area (Å²) in [6, 6.07) is 22.1. The number of nitrogens with one attached hydrogen (secondary N) is 1. The highest BCUT2D eigenvalue weighted by Gasteiger charge is 2.14. The van der Waals surface area contributed by atoms with Gasteiger partial charge in [0.2, 0.25) is 0 Å². The van der Waals surface area contributed by atoms with Crippen molar-refractivity contribution in [3.63, 3.8) is 0 Å². The van der Waals surface area contributed by atoms with Crippen molar-refractivity contribution in [2.75, 3.05) is 5.75 Å². The number of fused-ring (bicyclic) bond motifs is 1. The van der Waals surface area contributed by atoms with Gasteiger partial charge in [0.15, 0.2) is 5.16 Å². The predicted octanol–water partition coefficient (Wildman–Crippen LogP) is 5.40. The topological polar surface area (TPSA) is 76.3 Å². The third-order valence-electron chi connectivity index (χ3n) is 5.17. The Morgan fingerprint density at radius 3 is 2.50 bits per heavy atom. The second-order valence-corrected chi connectivity index (χ2v) is 9.31. The van der Waals surface area contributed by atoms with Crippen molar-refractivity contribution in [2.24, 2.45) is 5.10 Å². The van der Waals surface area contributed by atoms with Crippen LogP contribution in [0, 0.1) is 0 Å². The zero-order chi connectivity index (χ0) is 24.1. The molecule has 8 heteroatoms. The normalized spacial score (nSPS) is 11.4. The number of amides is 1. The van der Waals surface area contributed by atoms with Gasteiger partial charge in [0.25, 0.3) is 11.5 Å². The lowest BCUT2D eigenvalue weighted by Gasteiger charge is -2.13. The summed E-state index contributed by atoms with van der Waals surface area (Å²) in [5, 5.41) is 5.52. The molecule has 1 amide bonds. The number of para-hydroxylation sites is 1. The number of rotatable bonds is 7. The van der Waals surface area contributed by atoms with Crippen molar-refractivity contribution >= 4 is 46.4 Å². The van der Waals surface area contributed by atoms with E-state index in [0.29, 0.717) is 32.7 Å². The first-order chi connectivity index (χ1) is 16.4. The molecule has 1 heterocycles. The molecule has 4 rings (SSSR count). The molecule has 0 fully saturated rings. The molecule has 0 atom stereocenters. The molecule has 6 nitrogen and oxygen atoms in total. The fourth-order valence-corrected chi connectivity index (χ4v) is 4.27. The minimum atomic E-state index is -0.301. The molecule has 0 aliphatic heterocycles. The Balaban J connectivity index is 1.51. The number of nitrogens with zero attached hydrogens (tertiary/aromatic N) is 3. The third-order valence-corrected chi connectivity index (χ3v) is 6.36. The highest BCUT2D eigenvalue weighted by atomic mass is 35.5. The molecule has 0 bridgehead atoms. The number of thioether (sulfide) groups is 1. The molecule has 0 saturated carbocycles. The van der Waals surface area contributed by atoms with Gasteiger partial charge < -0.3 is 0 Å². The van der Waals surface area contributed by atoms with Crippen LogP contribution in [0.15, 0.2) is 87.8 Å². The average Bonchev–Trinajstić information content (AvgIpc) is 2.84. The molecule has 1 N–H and O–H groups in total. The number of benzene rings is 3. The standard InChI is InChI=1S/C26H23ClN4O2S/c1-17(2)19-9-7-18(8-10-19)15-28-30-24(32)16-34-26-29-23-6-4-3-5-22(23)25(33)31(26)21-13-11-20(27)12-14-21/h3-15,17H,16H2,1-2H3,(H,30,32)/b28-15-. The summed E-state index contributed by atoms with van der Waals surface area (Å²) >= 11 is 7.18. The van der Waals surface area contributed by atoms with Gasteiger partial charge in [-0.15, -0.1) is 0 Å². The molecule has 3 aromatic carbocycles. The van der Waals surface area contributed by atoms with Gasteiger partial charge in [-0.2, -0.15) is 5.10 Å². The zero-order valence-electron chi connectivity index (χ0n) is 18.7. The van der Waals surface area contributed by atoms with Gasteiger partial charge >= 0.3 is 0 Å². The van der Waals surface area contributed by atoms with Crippen LogP contribution in [0.25, 0.3) is 16.6 Å². The first-order valence-corrected chi connectivity index (χ1v) is 12.1. The summed E-state index contributed by atoms with van der Waals surface area (Å²) in [6.07, 6.45) is 1.60. The minimum Gasteiger partial charge on any atom is -0.272 e. The van der Waals surface area contributed by atoms with E-state index >= 15 is 0 Å². The highest BCUT2D eigenvalue weighted by Crippen LogP contribution is 2.22. The fourth-order valence-electron chi connectivity index (χ4n) is 3.34. The second-order valence-electron chi connectivity index (χ2n) is 7.93. The van der Waals surface area contributed by atoms with E-state index in [4.69, 9.17) is 11.6 Å². The van der Waals surface area contributed by atoms with Gasteiger partial charge in [-0.3, -0.25) is 14.2 Å². The first kappa shape index (κ1) is 23.7. The Morgan fingerprint density at radius 2 is 1.79 bits per heavy atom. The van der Waals surface area contributed by atoms with Crippen LogP contribution in [0.4, 0.5) is 0 Å². The molecule has 4 aromatic rings. The van der Waals surface area contributed by atoms with Crippen molar-refractivity contribution in [3.05, 3.63) is 99.3 Å². The highest BCUT2D eigenvalue weighted by molar-refractivity contribution is 7.99. The van der Waals surface area contributed by atoms with Crippen LogP contribution in [-0.4, -0.2) is 27.4 Å². The molecule has 0 saturated heterocycles. The number of carbonyl (C=O) groups is 1. The largest absolute Gasteiger partial charge is 0.272 e. The van der Waals surface area contributed by atoms with E-state index in [1.165, 1.54) is 21.9 Å². The predicted molar refractivity (Wildman–Crippen MR) is 139 cm³/mol. The average molecular weight is 491 g/mol. The summed E-state index contributed by atoms with van der Waals surface area (Å²) < 4.78 is 1.50. The molecule has 0 unspecified atom stereocenters. The van der Waals surface area contributed by atoms with Crippen LogP contribution in [-0.2, 0) is 4.79 Å². The smallest absolute Gasteiger partial charge is 0.266 e. The quantitative estimate of drug-likeness (QED) is 0.163. The van der Waals surface area contributed by atoms with Crippen LogP contribution in [0.1, 0.15) is 30.9 Å². The van der Waals surface area contributed by atoms with Gasteiger partial charge in [0.1, 0.15) is 0 Å². The summed E-state index contributed by atoms with van der Waals surface area (Å²) in [7, 11) is 0. The number of halogens is 1. The Hall–Kier alpha value is -3.42. The van der Waals surface area contributed by atoms with Gasteiger partial charge in [0.05, 0.1) is 28.6 Å². The van der Waals surface area contributed by atoms with Crippen LogP contribution < -0.4 is 11.0 Å². The van der Waals surface area contributed by atoms with Crippen molar-refractivity contribution in [1.82, 2.24) is 15.0 Å². The zero-order valence-corrected chi connectivity index (χ0v) is 20.3. The molecule has 0 spiro atoms. The van der Waals surface area contributed by atoms with E-state index in [2.05, 4.69) is 29.4 Å². The molecule has 1 aromatic heterocycles. The van der Waals surface area contributed by atoms with Gasteiger partial charge in [-0.25, -0.2) is 10.4 Å². The second kappa shape index (κ2) is 10.7. The van der Waals surface area contributed by atoms with Crippen LogP contribution >= 0.6 is 23.4 Å². The lowest BCUT2D eigenvalue weighted by molar-refractivity contribution is -0.118. The lowest BCUT2D eigenvalue weighted by atomic mass is 10.0. The van der Waals surface area contributed by atoms with E-state index in [1.54, 1.807) is 48.7 Å². The van der Waals surface area contributed by atoms with Crippen LogP contribution in [0.3, 0.4) is 0 Å². The maximum Gasteiger partial charge on any atom is 0.266 e. The molecule has 0 aliphatic carbocycles. The number of hydrogen-bond acceptors (Lipinski definition) is 5. The Bertz CT molecular complexity index is 1400. The van der Waals surface area contributed by atoms with Gasteiger partial charge in [0, 0.05) is 5.02 Å². The van der Waals surface area contributed by atoms with Crippen molar-refractivity contribution < 1.29 is 4.79 Å². The molecular formula is C26H23ClN4O2S. The molecule has 34 heavy (non-hydrogen) atoms. The molecule has 0 aliphatic rings. The van der Waals surface area contributed by atoms with Crippen LogP contribution in [0.2, 0.25) is 5.02 Å². The summed E-state index contributed by atoms with van der Waals surface area (Å²) in [5.74, 6) is 0.198. The van der Waals surface area contributed by atoms with Gasteiger partial charge in [-0.05, 0) is 53.4 Å². The van der Waals surface area contributed by atoms with Crippen LogP contribution in [0.5, 0.6) is 0 Å². The summed E-state index contributed by atoms with van der Waals surface area (Å²) in [5.41, 5.74) is 5.66. The van der Waals surface area contributed by atoms with E-state index < -0.39 is 0 Å². The van der Waals surface area contributed by atoms with E-state index in [1.807, 2.05) is 30.3 Å². The maximum absolute atomic E-state index is 13.2. The number of aromatic nitrogens is 2. The number of hydrazone groups is 1. The molecular weight excluding hydrogens is 468 g/mol. The van der Waals surface area contributed by atoms with E-state index in [0.717, 1.165) is 5.56 Å². The first-order valence-electron chi connectivity index (χ1n) is 10.7. The number of hydrogen-bond donors (Lipinski definition) is 1. The Kier molecular flexibility index (Phi) is 7.45. The van der Waals surface area contributed by atoms with E-state index in [-0.39, 0.29) is 17.2 Å². The number of carbonyl (C=O) groups excluding carboxylic acids is 1. The van der Waals surface area contributed by atoms with Crippen molar-refractivity contribution in [1.29, 1.82) is 0 Å². The third kappa shape index (κ3) is 5.55. The van der Waals surface area contributed by atoms with E-state index in [9.17, 15) is 9.59 Å². The SMILES string of the molecule is CC(C)c1ccc(/C=N\NC(=O)CSc2nc3ccccc3c(=O)n2-c2ccc(Cl)cc2)cc1. The maximum atomic E-state index is 13.2. The molecule has 0 radical (unpaired) electrons. The summed E-state index contributed by atoms with van der Waals surface area (Å²) in [4.78, 5) is 30.3. The Morgan fingerprint density at radius 1 is 1.09 bits per heavy atom.